The molecule has 0 aliphatic heterocycles. The Bertz CT molecular complexity index is 3650. The summed E-state index contributed by atoms with van der Waals surface area (Å²) in [6, 6.07) is 56.7. The Balaban J connectivity index is 1.11. The van der Waals surface area contributed by atoms with Crippen molar-refractivity contribution < 1.29 is 8.83 Å². The third-order valence-corrected chi connectivity index (χ3v) is 11.5. The molecule has 0 bridgehead atoms. The van der Waals surface area contributed by atoms with E-state index in [0.717, 1.165) is 66.2 Å². The molecule has 0 amide bonds. The Morgan fingerprint density at radius 3 is 1.81 bits per heavy atom. The summed E-state index contributed by atoms with van der Waals surface area (Å²) in [5.41, 5.74) is 13.0. The fraction of sp³-hybridized carbons (Fsp3) is 0. The molecule has 52 heavy (non-hydrogen) atoms. The number of para-hydroxylation sites is 6. The molecule has 240 valence electrons. The predicted octanol–water partition coefficient (Wildman–Crippen LogP) is 13.4. The molecule has 5 heterocycles. The molecular weight excluding hydrogens is 637 g/mol. The van der Waals surface area contributed by atoms with Crippen LogP contribution in [0.5, 0.6) is 0 Å². The zero-order chi connectivity index (χ0) is 33.7. The van der Waals surface area contributed by atoms with Crippen LogP contribution in [0.1, 0.15) is 0 Å². The number of benzene rings is 8. The van der Waals surface area contributed by atoms with Crippen LogP contribution in [0.4, 0.5) is 0 Å². The molecule has 0 radical (unpaired) electrons. The third-order valence-electron chi connectivity index (χ3n) is 11.5. The van der Waals surface area contributed by atoms with Crippen molar-refractivity contribution in [3.8, 4) is 16.8 Å². The molecule has 4 nitrogen and oxygen atoms in total. The quantitative estimate of drug-likeness (QED) is 0.185. The van der Waals surface area contributed by atoms with Crippen LogP contribution < -0.4 is 0 Å². The van der Waals surface area contributed by atoms with Gasteiger partial charge >= 0.3 is 0 Å². The van der Waals surface area contributed by atoms with Gasteiger partial charge in [0.1, 0.15) is 16.7 Å². The Morgan fingerprint density at radius 2 is 0.962 bits per heavy atom. The van der Waals surface area contributed by atoms with Gasteiger partial charge in [0.15, 0.2) is 5.58 Å². The molecule has 0 saturated heterocycles. The van der Waals surface area contributed by atoms with Gasteiger partial charge in [-0.1, -0.05) is 109 Å². The Labute approximate surface area is 295 Å². The zero-order valence-electron chi connectivity index (χ0n) is 27.7. The minimum absolute atomic E-state index is 0.903. The molecule has 4 heteroatoms. The maximum Gasteiger partial charge on any atom is 0.159 e. The average Bonchev–Trinajstić information content (AvgIpc) is 4.00. The smallest absolute Gasteiger partial charge is 0.159 e. The number of hydrogen-bond acceptors (Lipinski definition) is 2. The monoisotopic (exact) mass is 662 g/mol. The third kappa shape index (κ3) is 3.19. The van der Waals surface area contributed by atoms with Gasteiger partial charge in [-0.25, -0.2) is 0 Å². The van der Waals surface area contributed by atoms with E-state index in [1.165, 1.54) is 54.4 Å². The minimum Gasteiger partial charge on any atom is -0.455 e. The van der Waals surface area contributed by atoms with Crippen molar-refractivity contribution in [2.75, 3.05) is 0 Å². The summed E-state index contributed by atoms with van der Waals surface area (Å²) >= 11 is 0. The Morgan fingerprint density at radius 1 is 0.365 bits per heavy atom. The molecule has 0 aliphatic rings. The first kappa shape index (κ1) is 26.8. The van der Waals surface area contributed by atoms with Gasteiger partial charge in [-0.05, 0) is 54.1 Å². The van der Waals surface area contributed by atoms with Crippen LogP contribution in [-0.2, 0) is 0 Å². The van der Waals surface area contributed by atoms with Gasteiger partial charge in [-0.3, -0.25) is 0 Å². The lowest BCUT2D eigenvalue weighted by atomic mass is 9.99. The second-order valence-electron chi connectivity index (χ2n) is 14.0. The highest BCUT2D eigenvalue weighted by atomic mass is 16.3. The number of nitrogens with zero attached hydrogens (tertiary/aromatic N) is 2. The largest absolute Gasteiger partial charge is 0.455 e. The summed E-state index contributed by atoms with van der Waals surface area (Å²) in [4.78, 5) is 0. The highest BCUT2D eigenvalue weighted by Gasteiger charge is 2.24. The summed E-state index contributed by atoms with van der Waals surface area (Å²) in [5.74, 6) is 0. The first-order chi connectivity index (χ1) is 25.8. The van der Waals surface area contributed by atoms with Gasteiger partial charge in [0.05, 0.1) is 33.3 Å². The molecule has 0 N–H and O–H groups in total. The van der Waals surface area contributed by atoms with Crippen molar-refractivity contribution in [3.63, 3.8) is 0 Å². The molecule has 0 saturated carbocycles. The van der Waals surface area contributed by atoms with Gasteiger partial charge in [-0.15, -0.1) is 0 Å². The topological polar surface area (TPSA) is 35.6 Å². The van der Waals surface area contributed by atoms with Crippen molar-refractivity contribution in [1.29, 1.82) is 0 Å². The normalized spacial score (nSPS) is 12.6. The van der Waals surface area contributed by atoms with E-state index in [1.807, 2.05) is 12.1 Å². The molecule has 13 aromatic rings. The lowest BCUT2D eigenvalue weighted by molar-refractivity contribution is 0.666. The van der Waals surface area contributed by atoms with E-state index in [9.17, 15) is 0 Å². The van der Waals surface area contributed by atoms with E-state index in [-0.39, 0.29) is 0 Å². The van der Waals surface area contributed by atoms with E-state index >= 15 is 0 Å². The van der Waals surface area contributed by atoms with E-state index < -0.39 is 0 Å². The minimum atomic E-state index is 0.903. The van der Waals surface area contributed by atoms with Crippen LogP contribution in [0.15, 0.2) is 167 Å². The first-order valence-electron chi connectivity index (χ1n) is 17.8. The second-order valence-corrected chi connectivity index (χ2v) is 14.0. The van der Waals surface area contributed by atoms with Crippen LogP contribution in [-0.4, -0.2) is 8.97 Å². The fourth-order valence-electron chi connectivity index (χ4n) is 9.34. The molecule has 0 aliphatic carbocycles. The number of hydrogen-bond donors (Lipinski definition) is 0. The van der Waals surface area contributed by atoms with Gasteiger partial charge in [0.2, 0.25) is 0 Å². The van der Waals surface area contributed by atoms with Crippen molar-refractivity contribution in [3.05, 3.63) is 158 Å². The average molecular weight is 663 g/mol. The maximum atomic E-state index is 6.58. The van der Waals surface area contributed by atoms with E-state index in [2.05, 4.69) is 155 Å². The molecular formula is C48H26N2O2. The number of aromatic nitrogens is 2. The molecule has 8 aromatic carbocycles. The van der Waals surface area contributed by atoms with Crippen molar-refractivity contribution in [1.82, 2.24) is 8.97 Å². The molecule has 13 rings (SSSR count). The second kappa shape index (κ2) is 9.39. The summed E-state index contributed by atoms with van der Waals surface area (Å²) in [6.07, 6.45) is 0. The molecule has 0 unspecified atom stereocenters. The molecule has 0 fully saturated rings. The highest BCUT2D eigenvalue weighted by Crippen LogP contribution is 2.47. The number of furan rings is 2. The predicted molar refractivity (Wildman–Crippen MR) is 215 cm³/mol. The summed E-state index contributed by atoms with van der Waals surface area (Å²) in [5, 5.41) is 12.1. The Hall–Kier alpha value is -7.04. The van der Waals surface area contributed by atoms with Gasteiger partial charge in [0, 0.05) is 59.4 Å². The summed E-state index contributed by atoms with van der Waals surface area (Å²) in [6.45, 7) is 0. The maximum absolute atomic E-state index is 6.58. The number of rotatable bonds is 2. The first-order valence-corrected chi connectivity index (χ1v) is 17.8. The van der Waals surface area contributed by atoms with E-state index in [1.54, 1.807) is 0 Å². The van der Waals surface area contributed by atoms with Crippen LogP contribution in [0, 0.1) is 0 Å². The van der Waals surface area contributed by atoms with Crippen molar-refractivity contribution >= 4 is 104 Å². The van der Waals surface area contributed by atoms with E-state index in [4.69, 9.17) is 8.83 Å². The number of fused-ring (bicyclic) bond motifs is 16. The lowest BCUT2D eigenvalue weighted by Crippen LogP contribution is -1.94. The summed E-state index contributed by atoms with van der Waals surface area (Å²) < 4.78 is 17.9. The van der Waals surface area contributed by atoms with Gasteiger partial charge < -0.3 is 17.8 Å². The lowest BCUT2D eigenvalue weighted by Gasteiger charge is -2.09. The van der Waals surface area contributed by atoms with Crippen LogP contribution in [0.25, 0.3) is 121 Å². The van der Waals surface area contributed by atoms with Gasteiger partial charge in [-0.2, -0.15) is 0 Å². The van der Waals surface area contributed by atoms with Crippen LogP contribution in [0.2, 0.25) is 0 Å². The molecule has 5 aromatic heterocycles. The van der Waals surface area contributed by atoms with Crippen LogP contribution in [0.3, 0.4) is 0 Å². The van der Waals surface area contributed by atoms with Crippen molar-refractivity contribution in [2.24, 2.45) is 0 Å². The SMILES string of the molecule is c1ccc2c(c1)oc1c(-c3ccc4c(c3)c3cccc5c6c7c8ccccc8n(-c8cccc9c8oc8ccccc89)c7ccc6n4c35)cccc12. The zero-order valence-corrected chi connectivity index (χ0v) is 27.7. The standard InChI is InChI=1S/C48H26N2O2/c1-4-18-37-34(12-1)44-39(49(37)41-19-9-16-33-30-11-3-6-21-43(30)52-48(33)41)24-25-40-45(44)35-17-8-14-31-36-26-27(22-23-38(36)50(40)46(31)35)28-13-7-15-32-29-10-2-5-20-42(29)51-47(28)32/h1-26H. The fourth-order valence-corrected chi connectivity index (χ4v) is 9.34. The highest BCUT2D eigenvalue weighted by molar-refractivity contribution is 6.33. The summed E-state index contributed by atoms with van der Waals surface area (Å²) in [7, 11) is 0. The van der Waals surface area contributed by atoms with Crippen molar-refractivity contribution in [2.45, 2.75) is 0 Å². The molecule has 0 spiro atoms. The van der Waals surface area contributed by atoms with Gasteiger partial charge in [0.25, 0.3) is 0 Å². The molecule has 0 atom stereocenters. The van der Waals surface area contributed by atoms with Crippen LogP contribution >= 0.6 is 0 Å². The van der Waals surface area contributed by atoms with E-state index in [0.29, 0.717) is 0 Å². The Kier molecular flexibility index (Phi) is 4.83.